The molecule has 0 radical (unpaired) electrons. The molecule has 2 N–H and O–H groups in total. The summed E-state index contributed by atoms with van der Waals surface area (Å²) in [5.41, 5.74) is 4.35. The minimum absolute atomic E-state index is 0.0388. The third-order valence-corrected chi connectivity index (χ3v) is 5.72. The van der Waals surface area contributed by atoms with Crippen molar-refractivity contribution in [3.05, 3.63) is 96.6 Å². The van der Waals surface area contributed by atoms with Gasteiger partial charge in [0, 0.05) is 17.3 Å². The number of nitrogens with zero attached hydrogens (tertiary/aromatic N) is 5. The highest BCUT2D eigenvalue weighted by molar-refractivity contribution is 6.03. The van der Waals surface area contributed by atoms with Gasteiger partial charge < -0.3 is 10.4 Å². The van der Waals surface area contributed by atoms with Crippen LogP contribution in [-0.4, -0.2) is 47.3 Å². The molecule has 0 bridgehead atoms. The average Bonchev–Trinajstić information content (AvgIpc) is 3.55. The zero-order valence-corrected chi connectivity index (χ0v) is 21.7. The Kier molecular flexibility index (Phi) is 7.71. The zero-order valence-electron chi connectivity index (χ0n) is 21.7. The topological polar surface area (TPSA) is 114 Å². The van der Waals surface area contributed by atoms with Crippen LogP contribution in [0.15, 0.2) is 85.5 Å². The van der Waals surface area contributed by atoms with Crippen LogP contribution in [0.4, 0.5) is 19.0 Å². The van der Waals surface area contributed by atoms with E-state index in [4.69, 9.17) is 9.90 Å². The summed E-state index contributed by atoms with van der Waals surface area (Å²) >= 11 is 0. The van der Waals surface area contributed by atoms with Crippen molar-refractivity contribution in [2.24, 2.45) is 0 Å². The summed E-state index contributed by atoms with van der Waals surface area (Å²) in [6, 6.07) is 21.4. The van der Waals surface area contributed by atoms with Crippen molar-refractivity contribution < 1.29 is 27.9 Å². The Labute approximate surface area is 226 Å². The second-order valence-corrected chi connectivity index (χ2v) is 9.74. The normalized spacial score (nSPS) is 11.6. The largest absolute Gasteiger partial charge is 0.490 e. The van der Waals surface area contributed by atoms with E-state index in [-0.39, 0.29) is 11.3 Å². The summed E-state index contributed by atoms with van der Waals surface area (Å²) in [4.78, 5) is 30.5. The summed E-state index contributed by atoms with van der Waals surface area (Å²) in [7, 11) is 0. The number of fused-ring (bicyclic) bond motifs is 1. The molecule has 0 unspecified atom stereocenters. The summed E-state index contributed by atoms with van der Waals surface area (Å²) in [6.45, 7) is 6.44. The maximum absolute atomic E-state index is 12.7. The lowest BCUT2D eigenvalue weighted by Crippen LogP contribution is -2.21. The van der Waals surface area contributed by atoms with Gasteiger partial charge in [0.1, 0.15) is 6.33 Å². The van der Waals surface area contributed by atoms with E-state index < -0.39 is 12.1 Å². The molecule has 0 atom stereocenters. The number of alkyl halides is 3. The number of carbonyl (C=O) groups is 2. The summed E-state index contributed by atoms with van der Waals surface area (Å²) < 4.78 is 35.2. The Balaban J connectivity index is 0.000000470. The van der Waals surface area contributed by atoms with Gasteiger partial charge in [-0.3, -0.25) is 9.36 Å². The maximum atomic E-state index is 12.7. The number of anilines is 1. The van der Waals surface area contributed by atoms with Crippen molar-refractivity contribution in [2.75, 3.05) is 5.32 Å². The number of hydrogen-bond donors (Lipinski definition) is 2. The van der Waals surface area contributed by atoms with Gasteiger partial charge in [-0.2, -0.15) is 13.2 Å². The molecule has 0 fully saturated rings. The molecule has 12 heteroatoms. The molecule has 0 aliphatic heterocycles. The lowest BCUT2D eigenvalue weighted by molar-refractivity contribution is -0.192. The Hall–Kier alpha value is -5.00. The van der Waals surface area contributed by atoms with Gasteiger partial charge in [0.2, 0.25) is 0 Å². The minimum Gasteiger partial charge on any atom is -0.475 e. The van der Waals surface area contributed by atoms with Gasteiger partial charge in [-0.1, -0.05) is 63.2 Å². The number of imidazole rings is 2. The number of aromatic nitrogens is 5. The highest BCUT2D eigenvalue weighted by Gasteiger charge is 2.38. The van der Waals surface area contributed by atoms with Gasteiger partial charge in [0.15, 0.2) is 17.3 Å². The molecule has 0 aliphatic rings. The second-order valence-electron chi connectivity index (χ2n) is 9.74. The van der Waals surface area contributed by atoms with Gasteiger partial charge in [0.25, 0.3) is 5.91 Å². The summed E-state index contributed by atoms with van der Waals surface area (Å²) in [6.07, 6.45) is 0.289. The maximum Gasteiger partial charge on any atom is 0.490 e. The van der Waals surface area contributed by atoms with E-state index in [2.05, 4.69) is 41.2 Å². The fraction of sp³-hybridized carbons (Fsp3) is 0.179. The minimum atomic E-state index is -5.08. The summed E-state index contributed by atoms with van der Waals surface area (Å²) in [5, 5.41) is 14.6. The number of carboxylic acids is 1. The molecule has 0 aliphatic carbocycles. The van der Waals surface area contributed by atoms with E-state index in [0.29, 0.717) is 22.8 Å². The number of rotatable bonds is 4. The van der Waals surface area contributed by atoms with E-state index in [1.807, 2.05) is 77.5 Å². The molecule has 9 nitrogen and oxygen atoms in total. The number of aliphatic carboxylic acids is 1. The van der Waals surface area contributed by atoms with E-state index in [9.17, 15) is 18.0 Å². The van der Waals surface area contributed by atoms with E-state index in [1.165, 1.54) is 5.56 Å². The van der Waals surface area contributed by atoms with Gasteiger partial charge in [-0.05, 0) is 35.2 Å². The van der Waals surface area contributed by atoms with Gasteiger partial charge in [0.05, 0.1) is 11.9 Å². The molecular weight excluding hydrogens is 525 g/mol. The first-order valence-electron chi connectivity index (χ1n) is 12.0. The number of carboxylic acid groups (broad SMARTS) is 1. The predicted molar refractivity (Wildman–Crippen MR) is 142 cm³/mol. The van der Waals surface area contributed by atoms with Crippen molar-refractivity contribution in [2.45, 2.75) is 32.4 Å². The standard InChI is InChI=1S/C26H24N6O.C2HF3O2/c1-26(2,3)20-11-9-19(10-12-20)25(33)29-22-16-32-23(28-22)13-14-24(30-32)31-15-21(27-17-31)18-7-5-4-6-8-18;3-2(4,5)1(6)7/h4-17H,1-3H3,(H,29,33);(H,6,7). The van der Waals surface area contributed by atoms with E-state index in [0.717, 1.165) is 11.3 Å². The molecule has 40 heavy (non-hydrogen) atoms. The summed E-state index contributed by atoms with van der Waals surface area (Å²) in [5.74, 6) is -1.82. The van der Waals surface area contributed by atoms with Crippen molar-refractivity contribution >= 4 is 23.3 Å². The van der Waals surface area contributed by atoms with Crippen LogP contribution in [0.3, 0.4) is 0 Å². The lowest BCUT2D eigenvalue weighted by atomic mass is 9.87. The Morgan fingerprint density at radius 2 is 1.55 bits per heavy atom. The van der Waals surface area contributed by atoms with Crippen molar-refractivity contribution in [1.29, 1.82) is 0 Å². The van der Waals surface area contributed by atoms with Crippen LogP contribution in [0, 0.1) is 0 Å². The number of amides is 1. The highest BCUT2D eigenvalue weighted by Crippen LogP contribution is 2.23. The highest BCUT2D eigenvalue weighted by atomic mass is 19.4. The second kappa shape index (κ2) is 11.0. The smallest absolute Gasteiger partial charge is 0.475 e. The Morgan fingerprint density at radius 3 is 2.15 bits per heavy atom. The monoisotopic (exact) mass is 550 g/mol. The molecule has 0 saturated carbocycles. The van der Waals surface area contributed by atoms with Crippen LogP contribution < -0.4 is 5.32 Å². The van der Waals surface area contributed by atoms with E-state index in [1.54, 1.807) is 17.0 Å². The lowest BCUT2D eigenvalue weighted by Gasteiger charge is -2.18. The zero-order chi connectivity index (χ0) is 29.1. The van der Waals surface area contributed by atoms with Crippen LogP contribution in [0.5, 0.6) is 0 Å². The first-order chi connectivity index (χ1) is 18.8. The molecule has 0 spiro atoms. The molecule has 2 aromatic carbocycles. The third-order valence-electron chi connectivity index (χ3n) is 5.72. The fourth-order valence-corrected chi connectivity index (χ4v) is 3.59. The number of halogens is 3. The number of hydrogen-bond acceptors (Lipinski definition) is 5. The molecule has 5 rings (SSSR count). The third kappa shape index (κ3) is 6.70. The molecule has 5 aromatic rings. The van der Waals surface area contributed by atoms with E-state index >= 15 is 0 Å². The Bertz CT molecular complexity index is 1640. The molecule has 0 saturated heterocycles. The molecule has 206 valence electrons. The van der Waals surface area contributed by atoms with Gasteiger partial charge in [-0.15, -0.1) is 5.10 Å². The molecule has 3 aromatic heterocycles. The molecule has 1 amide bonds. The first kappa shape index (κ1) is 28.0. The van der Waals surface area contributed by atoms with Gasteiger partial charge in [-0.25, -0.2) is 19.3 Å². The number of carbonyl (C=O) groups excluding carboxylic acids is 1. The predicted octanol–water partition coefficient (Wildman–Crippen LogP) is 5.77. The number of nitrogens with one attached hydrogen (secondary N) is 1. The van der Waals surface area contributed by atoms with Crippen LogP contribution in [0.1, 0.15) is 36.7 Å². The quantitative estimate of drug-likeness (QED) is 0.294. The van der Waals surface area contributed by atoms with Crippen molar-refractivity contribution in [1.82, 2.24) is 24.1 Å². The fourth-order valence-electron chi connectivity index (χ4n) is 3.59. The SMILES string of the molecule is CC(C)(C)c1ccc(C(=O)Nc2cn3nc(-n4cnc(-c5ccccc5)c4)ccc3n2)cc1.O=C(O)C(F)(F)F. The van der Waals surface area contributed by atoms with Crippen LogP contribution in [0.2, 0.25) is 0 Å². The van der Waals surface area contributed by atoms with Crippen LogP contribution >= 0.6 is 0 Å². The Morgan fingerprint density at radius 1 is 0.900 bits per heavy atom. The average molecular weight is 551 g/mol. The van der Waals surface area contributed by atoms with Crippen molar-refractivity contribution in [3.63, 3.8) is 0 Å². The van der Waals surface area contributed by atoms with Crippen LogP contribution in [0.25, 0.3) is 22.7 Å². The van der Waals surface area contributed by atoms with Crippen molar-refractivity contribution in [3.8, 4) is 17.1 Å². The molecule has 3 heterocycles. The first-order valence-corrected chi connectivity index (χ1v) is 12.0. The number of benzene rings is 2. The molecular formula is C28H25F3N6O3. The van der Waals surface area contributed by atoms with Gasteiger partial charge >= 0.3 is 12.1 Å². The van der Waals surface area contributed by atoms with Crippen LogP contribution in [-0.2, 0) is 10.2 Å².